The number of carbonyl (C=O) groups is 2. The third-order valence-corrected chi connectivity index (χ3v) is 6.58. The molecule has 1 aliphatic rings. The monoisotopic (exact) mass is 557 g/mol. The summed E-state index contributed by atoms with van der Waals surface area (Å²) in [5.74, 6) is -2.15. The largest absolute Gasteiger partial charge is 0.490 e. The van der Waals surface area contributed by atoms with Crippen molar-refractivity contribution in [3.05, 3.63) is 95.8 Å². The van der Waals surface area contributed by atoms with Crippen molar-refractivity contribution in [2.75, 3.05) is 0 Å². The Kier molecular flexibility index (Phi) is 6.18. The average molecular weight is 557 g/mol. The number of carboxylic acid groups (broad SMARTS) is 1. The molecule has 4 N–H and O–H groups in total. The van der Waals surface area contributed by atoms with Gasteiger partial charge in [0.15, 0.2) is 0 Å². The fraction of sp³-hybridized carbons (Fsp3) is 0.0714. The molecule has 13 heteroatoms. The number of H-pyrrole nitrogens is 2. The Bertz CT molecular complexity index is 1910. The summed E-state index contributed by atoms with van der Waals surface area (Å²) in [6, 6.07) is 21.2. The highest BCUT2D eigenvalue weighted by molar-refractivity contribution is 5.99. The highest BCUT2D eigenvalue weighted by Crippen LogP contribution is 2.47. The number of fused-ring (bicyclic) bond motifs is 5. The number of imidazole rings is 1. The van der Waals surface area contributed by atoms with Crippen molar-refractivity contribution in [3.63, 3.8) is 0 Å². The van der Waals surface area contributed by atoms with Crippen LogP contribution in [0.15, 0.2) is 79.1 Å². The average Bonchev–Trinajstić information content (AvgIpc) is 3.68. The van der Waals surface area contributed by atoms with Gasteiger partial charge in [0, 0.05) is 17.3 Å². The molecular formula is C28H18F3N7O3. The number of carboxylic acids is 1. The van der Waals surface area contributed by atoms with Gasteiger partial charge in [0.1, 0.15) is 16.9 Å². The SMILES string of the molecule is O=C(NC1c2ccccc2-c2c(-c3nc4ccncc4[nH]3)cccc21)c1ccc2n[nH]nc2c1.O=C(O)C(F)(F)F. The maximum atomic E-state index is 13.3. The van der Waals surface area contributed by atoms with Gasteiger partial charge in [-0.05, 0) is 46.5 Å². The molecule has 3 aromatic carbocycles. The summed E-state index contributed by atoms with van der Waals surface area (Å²) in [4.78, 5) is 34.5. The second-order valence-corrected chi connectivity index (χ2v) is 9.07. The number of amides is 1. The van der Waals surface area contributed by atoms with Crippen LogP contribution >= 0.6 is 0 Å². The summed E-state index contributed by atoms with van der Waals surface area (Å²) in [6.45, 7) is 0. The zero-order valence-corrected chi connectivity index (χ0v) is 20.8. The van der Waals surface area contributed by atoms with Crippen molar-refractivity contribution in [1.29, 1.82) is 0 Å². The first-order chi connectivity index (χ1) is 19.7. The number of nitrogens with zero attached hydrogens (tertiary/aromatic N) is 4. The smallest absolute Gasteiger partial charge is 0.475 e. The maximum absolute atomic E-state index is 13.3. The predicted octanol–water partition coefficient (Wildman–Crippen LogP) is 5.03. The number of hydrogen-bond donors (Lipinski definition) is 4. The molecular weight excluding hydrogens is 539 g/mol. The van der Waals surface area contributed by atoms with Crippen molar-refractivity contribution in [3.8, 4) is 22.5 Å². The lowest BCUT2D eigenvalue weighted by Crippen LogP contribution is -2.28. The molecule has 6 aromatic rings. The fourth-order valence-electron chi connectivity index (χ4n) is 4.79. The molecule has 1 amide bonds. The van der Waals surface area contributed by atoms with Crippen LogP contribution in [-0.2, 0) is 4.79 Å². The third kappa shape index (κ3) is 4.73. The third-order valence-electron chi connectivity index (χ3n) is 6.58. The Morgan fingerprint density at radius 1 is 0.878 bits per heavy atom. The lowest BCUT2D eigenvalue weighted by molar-refractivity contribution is -0.192. The summed E-state index contributed by atoms with van der Waals surface area (Å²) >= 11 is 0. The molecule has 10 nitrogen and oxygen atoms in total. The van der Waals surface area contributed by atoms with E-state index in [9.17, 15) is 18.0 Å². The first kappa shape index (κ1) is 25.7. The molecule has 0 saturated carbocycles. The van der Waals surface area contributed by atoms with E-state index in [1.54, 1.807) is 30.6 Å². The Labute approximate surface area is 228 Å². The molecule has 3 aromatic heterocycles. The molecule has 0 spiro atoms. The minimum atomic E-state index is -5.08. The number of carbonyl (C=O) groups excluding carboxylic acids is 1. The molecule has 1 aliphatic carbocycles. The van der Waals surface area contributed by atoms with Crippen molar-refractivity contribution in [2.45, 2.75) is 12.2 Å². The van der Waals surface area contributed by atoms with Gasteiger partial charge in [0.2, 0.25) is 0 Å². The van der Waals surface area contributed by atoms with E-state index >= 15 is 0 Å². The molecule has 0 fully saturated rings. The van der Waals surface area contributed by atoms with Gasteiger partial charge in [-0.2, -0.15) is 28.6 Å². The van der Waals surface area contributed by atoms with Crippen molar-refractivity contribution in [2.24, 2.45) is 0 Å². The van der Waals surface area contributed by atoms with Crippen molar-refractivity contribution < 1.29 is 27.9 Å². The first-order valence-electron chi connectivity index (χ1n) is 12.1. The highest BCUT2D eigenvalue weighted by Gasteiger charge is 2.38. The van der Waals surface area contributed by atoms with Gasteiger partial charge in [-0.15, -0.1) is 0 Å². The maximum Gasteiger partial charge on any atom is 0.490 e. The molecule has 41 heavy (non-hydrogen) atoms. The fourth-order valence-corrected chi connectivity index (χ4v) is 4.79. The molecule has 7 rings (SSSR count). The zero-order valence-electron chi connectivity index (χ0n) is 20.8. The van der Waals surface area contributed by atoms with E-state index in [-0.39, 0.29) is 11.9 Å². The molecule has 1 atom stereocenters. The first-order valence-corrected chi connectivity index (χ1v) is 12.1. The van der Waals surface area contributed by atoms with Crippen molar-refractivity contribution in [1.82, 2.24) is 35.7 Å². The Morgan fingerprint density at radius 3 is 2.39 bits per heavy atom. The van der Waals surface area contributed by atoms with E-state index in [2.05, 4.69) is 55.0 Å². The summed E-state index contributed by atoms with van der Waals surface area (Å²) in [5, 5.41) is 21.1. The summed E-state index contributed by atoms with van der Waals surface area (Å²) in [7, 11) is 0. The summed E-state index contributed by atoms with van der Waals surface area (Å²) in [5.41, 5.74) is 8.89. The number of halogens is 3. The molecule has 204 valence electrons. The van der Waals surface area contributed by atoms with E-state index in [1.807, 2.05) is 24.3 Å². The number of pyridine rings is 1. The van der Waals surface area contributed by atoms with Gasteiger partial charge in [-0.25, -0.2) is 9.78 Å². The van der Waals surface area contributed by atoms with Crippen LogP contribution in [0.5, 0.6) is 0 Å². The number of aliphatic carboxylic acids is 1. The zero-order chi connectivity index (χ0) is 28.7. The number of hydrogen-bond acceptors (Lipinski definition) is 6. The molecule has 3 heterocycles. The Morgan fingerprint density at radius 2 is 1.61 bits per heavy atom. The van der Waals surface area contributed by atoms with E-state index in [1.165, 1.54) is 0 Å². The van der Waals surface area contributed by atoms with Crippen molar-refractivity contribution >= 4 is 33.9 Å². The van der Waals surface area contributed by atoms with Gasteiger partial charge in [0.25, 0.3) is 5.91 Å². The van der Waals surface area contributed by atoms with Crippen LogP contribution in [0.2, 0.25) is 0 Å². The standard InChI is InChI=1S/C26H17N7O.C2HF3O2/c34-26(14-8-9-20-21(12-14)32-33-31-20)30-24-16-5-2-1-4-15(16)23-17(24)6-3-7-18(23)25-28-19-10-11-27-13-22(19)29-25;3-2(4,5)1(6)7/h1-13,24H,(H,28,29)(H,30,34)(H,31,32,33);(H,6,7). The lowest BCUT2D eigenvalue weighted by Gasteiger charge is -2.16. The predicted molar refractivity (Wildman–Crippen MR) is 142 cm³/mol. The van der Waals surface area contributed by atoms with Gasteiger partial charge >= 0.3 is 12.1 Å². The Balaban J connectivity index is 0.000000387. The molecule has 0 saturated heterocycles. The summed E-state index contributed by atoms with van der Waals surface area (Å²) in [6.07, 6.45) is -1.57. The van der Waals surface area contributed by atoms with E-state index in [0.29, 0.717) is 11.1 Å². The quantitative estimate of drug-likeness (QED) is 0.238. The van der Waals surface area contributed by atoms with Gasteiger partial charge < -0.3 is 15.4 Å². The number of aromatic nitrogens is 6. The van der Waals surface area contributed by atoms with Crippen LogP contribution in [0.3, 0.4) is 0 Å². The topological polar surface area (TPSA) is 150 Å². The molecule has 0 bridgehead atoms. The normalized spacial score (nSPS) is 13.8. The van der Waals surface area contributed by atoms with Gasteiger partial charge in [0.05, 0.1) is 23.3 Å². The van der Waals surface area contributed by atoms with Gasteiger partial charge in [-0.1, -0.05) is 42.5 Å². The number of nitrogens with one attached hydrogen (secondary N) is 3. The number of aromatic amines is 2. The van der Waals surface area contributed by atoms with Crippen LogP contribution in [0, 0.1) is 0 Å². The van der Waals surface area contributed by atoms with Crippen LogP contribution in [0.25, 0.3) is 44.6 Å². The van der Waals surface area contributed by atoms with Crippen LogP contribution in [0.4, 0.5) is 13.2 Å². The van der Waals surface area contributed by atoms with Crippen LogP contribution in [0.1, 0.15) is 27.5 Å². The number of rotatable bonds is 3. The minimum absolute atomic E-state index is 0.169. The Hall–Kier alpha value is -5.59. The molecule has 0 aliphatic heterocycles. The highest BCUT2D eigenvalue weighted by atomic mass is 19.4. The lowest BCUT2D eigenvalue weighted by atomic mass is 9.98. The molecule has 1 unspecified atom stereocenters. The second-order valence-electron chi connectivity index (χ2n) is 9.07. The van der Waals surface area contributed by atoms with E-state index in [4.69, 9.17) is 14.9 Å². The number of benzene rings is 3. The van der Waals surface area contributed by atoms with Crippen LogP contribution < -0.4 is 5.32 Å². The minimum Gasteiger partial charge on any atom is -0.475 e. The van der Waals surface area contributed by atoms with Crippen LogP contribution in [-0.4, -0.2) is 53.5 Å². The summed E-state index contributed by atoms with van der Waals surface area (Å²) < 4.78 is 31.7. The second kappa shape index (κ2) is 9.86. The van der Waals surface area contributed by atoms with E-state index < -0.39 is 12.1 Å². The number of alkyl halides is 3. The molecule has 0 radical (unpaired) electrons. The van der Waals surface area contributed by atoms with Gasteiger partial charge in [-0.3, -0.25) is 9.78 Å². The van der Waals surface area contributed by atoms with E-state index in [0.717, 1.165) is 50.2 Å².